The van der Waals surface area contributed by atoms with E-state index in [-0.39, 0.29) is 17.0 Å². The molecular weight excluding hydrogens is 422 g/mol. The van der Waals surface area contributed by atoms with Crippen LogP contribution in [-0.4, -0.2) is 16.5 Å². The number of allylic oxidation sites excluding steroid dienone is 3. The van der Waals surface area contributed by atoms with Crippen LogP contribution in [0.4, 0.5) is 0 Å². The quantitative estimate of drug-likeness (QED) is 0.197. The van der Waals surface area contributed by atoms with Crippen LogP contribution in [0.25, 0.3) is 0 Å². The van der Waals surface area contributed by atoms with Gasteiger partial charge in [0.1, 0.15) is 0 Å². The molecule has 1 fully saturated rings. The van der Waals surface area contributed by atoms with Gasteiger partial charge in [0.05, 0.1) is 6.04 Å². The van der Waals surface area contributed by atoms with Gasteiger partial charge in [0, 0.05) is 17.2 Å². The van der Waals surface area contributed by atoms with Crippen LogP contribution in [0.15, 0.2) is 47.7 Å². The molecule has 1 aliphatic heterocycles. The van der Waals surface area contributed by atoms with Gasteiger partial charge in [-0.05, 0) is 73.8 Å². The zero-order valence-corrected chi connectivity index (χ0v) is 26.1. The Morgan fingerprint density at radius 1 is 0.971 bits per heavy atom. The van der Waals surface area contributed by atoms with Crippen LogP contribution in [0.3, 0.4) is 0 Å². The summed E-state index contributed by atoms with van der Waals surface area (Å²) in [5.74, 6) is 0.357. The Morgan fingerprint density at radius 3 is 2.00 bits per heavy atom. The second-order valence-electron chi connectivity index (χ2n) is 13.9. The predicted octanol–water partition coefficient (Wildman–Crippen LogP) is 10.9. The molecule has 0 aromatic carbocycles. The molecule has 202 valence electrons. The highest BCUT2D eigenvalue weighted by Crippen LogP contribution is 2.52. The number of rotatable bonds is 12. The first-order valence-electron chi connectivity index (χ1n) is 14.5. The largest absolute Gasteiger partial charge is 0.358 e. The van der Waals surface area contributed by atoms with Gasteiger partial charge in [0.25, 0.3) is 0 Å². The van der Waals surface area contributed by atoms with E-state index in [9.17, 15) is 0 Å². The molecule has 0 bridgehead atoms. The van der Waals surface area contributed by atoms with Crippen LogP contribution in [0.5, 0.6) is 0 Å². The van der Waals surface area contributed by atoms with Gasteiger partial charge in [-0.25, -0.2) is 0 Å². The molecule has 0 N–H and O–H groups in total. The summed E-state index contributed by atoms with van der Waals surface area (Å²) in [5.41, 5.74) is 6.16. The van der Waals surface area contributed by atoms with E-state index >= 15 is 0 Å². The van der Waals surface area contributed by atoms with Crippen molar-refractivity contribution in [2.24, 2.45) is 22.2 Å². The van der Waals surface area contributed by atoms with E-state index in [2.05, 4.69) is 120 Å². The smallest absolute Gasteiger partial charge is 0.0759 e. The van der Waals surface area contributed by atoms with Crippen molar-refractivity contribution in [1.29, 1.82) is 0 Å². The van der Waals surface area contributed by atoms with Crippen molar-refractivity contribution in [3.8, 4) is 0 Å². The third-order valence-corrected chi connectivity index (χ3v) is 10.1. The third-order valence-electron chi connectivity index (χ3n) is 10.1. The second-order valence-corrected chi connectivity index (χ2v) is 13.9. The van der Waals surface area contributed by atoms with Crippen molar-refractivity contribution < 1.29 is 0 Å². The lowest BCUT2D eigenvalue weighted by Crippen LogP contribution is -2.55. The molecule has 0 aromatic rings. The lowest BCUT2D eigenvalue weighted by atomic mass is 9.62. The molecule has 1 heterocycles. The normalized spacial score (nSPS) is 23.2. The van der Waals surface area contributed by atoms with Crippen molar-refractivity contribution in [1.82, 2.24) is 4.90 Å². The predicted molar refractivity (Wildman–Crippen MR) is 160 cm³/mol. The summed E-state index contributed by atoms with van der Waals surface area (Å²) in [6, 6.07) is 0.203. The maximum absolute atomic E-state index is 4.67. The first-order chi connectivity index (χ1) is 15.9. The molecular formula is C34H61N. The van der Waals surface area contributed by atoms with Crippen molar-refractivity contribution in [3.63, 3.8) is 0 Å². The van der Waals surface area contributed by atoms with Crippen LogP contribution in [0.2, 0.25) is 0 Å². The highest BCUT2D eigenvalue weighted by atomic mass is 15.3. The van der Waals surface area contributed by atoms with Crippen LogP contribution in [0, 0.1) is 22.2 Å². The molecule has 0 spiro atoms. The first-order valence-corrected chi connectivity index (χ1v) is 14.5. The van der Waals surface area contributed by atoms with Crippen LogP contribution < -0.4 is 0 Å². The Hall–Kier alpha value is -1.24. The Morgan fingerprint density at radius 2 is 1.54 bits per heavy atom. The van der Waals surface area contributed by atoms with Gasteiger partial charge in [0.2, 0.25) is 0 Å². The lowest BCUT2D eigenvalue weighted by molar-refractivity contribution is 0.0184. The first kappa shape index (κ1) is 31.8. The summed E-state index contributed by atoms with van der Waals surface area (Å²) in [6.45, 7) is 40.3. The summed E-state index contributed by atoms with van der Waals surface area (Å²) in [5, 5.41) is 0. The maximum atomic E-state index is 4.67. The van der Waals surface area contributed by atoms with E-state index in [0.29, 0.717) is 16.7 Å². The number of likely N-dealkylation sites (tertiary alicyclic amines) is 1. The van der Waals surface area contributed by atoms with Gasteiger partial charge in [-0.15, -0.1) is 0 Å². The van der Waals surface area contributed by atoms with Crippen molar-refractivity contribution in [2.45, 2.75) is 147 Å². The van der Waals surface area contributed by atoms with Crippen LogP contribution >= 0.6 is 0 Å². The molecule has 0 radical (unpaired) electrons. The monoisotopic (exact) mass is 483 g/mol. The van der Waals surface area contributed by atoms with Gasteiger partial charge < -0.3 is 4.90 Å². The van der Waals surface area contributed by atoms with E-state index in [1.807, 2.05) is 0 Å². The van der Waals surface area contributed by atoms with Crippen molar-refractivity contribution >= 4 is 0 Å². The minimum absolute atomic E-state index is 0.0495. The van der Waals surface area contributed by atoms with Gasteiger partial charge in [-0.3, -0.25) is 0 Å². The lowest BCUT2D eigenvalue weighted by Gasteiger charge is -2.53. The Kier molecular flexibility index (Phi) is 10.8. The van der Waals surface area contributed by atoms with E-state index in [4.69, 9.17) is 0 Å². The molecule has 1 nitrogen and oxygen atoms in total. The average molecular weight is 484 g/mol. The van der Waals surface area contributed by atoms with Crippen LogP contribution in [-0.2, 0) is 0 Å². The molecule has 1 heteroatoms. The molecule has 35 heavy (non-hydrogen) atoms. The molecule has 3 atom stereocenters. The zero-order chi connectivity index (χ0) is 27.4. The fourth-order valence-electron chi connectivity index (χ4n) is 6.03. The zero-order valence-electron chi connectivity index (χ0n) is 26.1. The third kappa shape index (κ3) is 6.75. The topological polar surface area (TPSA) is 3.24 Å². The van der Waals surface area contributed by atoms with Crippen LogP contribution in [0.1, 0.15) is 135 Å². The van der Waals surface area contributed by atoms with E-state index < -0.39 is 0 Å². The summed E-state index contributed by atoms with van der Waals surface area (Å²) >= 11 is 0. The minimum Gasteiger partial charge on any atom is -0.358 e. The highest BCUT2D eigenvalue weighted by molar-refractivity contribution is 5.44. The standard InChI is InChI=1S/C34H61N/c1-16-20-25(4)24-26(5)30-29(21-17-2)27(6)28(7)35(30)33(13,14)32(11,12)22-19-23-34(15,18-3)31(8,9)10/h21,24,27,30H,5,7,16-20,22-23H2,1-4,6,8-15H3/b25-24+,29-21-. The average Bonchev–Trinajstić information content (AvgIpc) is 2.98. The molecule has 0 amide bonds. The fourth-order valence-corrected chi connectivity index (χ4v) is 6.03. The molecule has 0 saturated carbocycles. The molecule has 1 rings (SSSR count). The maximum Gasteiger partial charge on any atom is 0.0759 e. The number of hydrogen-bond acceptors (Lipinski definition) is 1. The summed E-state index contributed by atoms with van der Waals surface area (Å²) < 4.78 is 0. The van der Waals surface area contributed by atoms with E-state index in [1.165, 1.54) is 54.5 Å². The Balaban J connectivity index is 3.35. The molecule has 0 aliphatic carbocycles. The second kappa shape index (κ2) is 11.9. The molecule has 1 aliphatic rings. The number of nitrogens with zero attached hydrogens (tertiary/aromatic N) is 1. The highest BCUT2D eigenvalue weighted by Gasteiger charge is 2.50. The van der Waals surface area contributed by atoms with Gasteiger partial charge in [-0.1, -0.05) is 119 Å². The summed E-state index contributed by atoms with van der Waals surface area (Å²) in [6.07, 6.45) is 13.1. The summed E-state index contributed by atoms with van der Waals surface area (Å²) in [4.78, 5) is 2.65. The Bertz CT molecular complexity index is 797. The van der Waals surface area contributed by atoms with Gasteiger partial charge in [-0.2, -0.15) is 0 Å². The van der Waals surface area contributed by atoms with Gasteiger partial charge in [0.15, 0.2) is 0 Å². The Labute approximate surface area is 221 Å². The molecule has 1 saturated heterocycles. The van der Waals surface area contributed by atoms with E-state index in [0.717, 1.165) is 12.8 Å². The van der Waals surface area contributed by atoms with Crippen molar-refractivity contribution in [3.05, 3.63) is 47.7 Å². The SMILES string of the molecule is C=C(/C=C(\C)CCC)C1/C(=C\CC)C(C)C(=C)N1C(C)(C)C(C)(C)CCCC(C)(CC)C(C)(C)C. The van der Waals surface area contributed by atoms with E-state index in [1.54, 1.807) is 0 Å². The minimum atomic E-state index is -0.0495. The molecule has 0 aromatic heterocycles. The van der Waals surface area contributed by atoms with Crippen molar-refractivity contribution in [2.75, 3.05) is 0 Å². The fraction of sp³-hybridized carbons (Fsp3) is 0.765. The summed E-state index contributed by atoms with van der Waals surface area (Å²) in [7, 11) is 0. The number of hydrogen-bond donors (Lipinski definition) is 0. The van der Waals surface area contributed by atoms with Gasteiger partial charge >= 0.3 is 0 Å². The molecule has 3 unspecified atom stereocenters.